The lowest BCUT2D eigenvalue weighted by molar-refractivity contribution is -0.126. The Hall–Kier alpha value is -3.02. The van der Waals surface area contributed by atoms with E-state index in [0.717, 1.165) is 23.2 Å². The third kappa shape index (κ3) is 3.19. The SMILES string of the molecule is CNC(=O)C1Cc2ccccc2N1C(=O)COc1cccc2c1OC(C)(C)C2. The van der Waals surface area contributed by atoms with E-state index in [2.05, 4.69) is 5.32 Å². The largest absolute Gasteiger partial charge is 0.483 e. The van der Waals surface area contributed by atoms with Crippen LogP contribution in [0.2, 0.25) is 0 Å². The first kappa shape index (κ1) is 18.3. The number of benzene rings is 2. The summed E-state index contributed by atoms with van der Waals surface area (Å²) in [6.45, 7) is 3.89. The maximum atomic E-state index is 13.0. The maximum absolute atomic E-state index is 13.0. The monoisotopic (exact) mass is 380 g/mol. The molecule has 0 bridgehead atoms. The van der Waals surface area contributed by atoms with E-state index in [1.165, 1.54) is 0 Å². The van der Waals surface area contributed by atoms with E-state index in [-0.39, 0.29) is 24.0 Å². The molecular weight excluding hydrogens is 356 g/mol. The Morgan fingerprint density at radius 1 is 1.18 bits per heavy atom. The number of anilines is 1. The molecule has 0 radical (unpaired) electrons. The predicted octanol–water partition coefficient (Wildman–Crippen LogP) is 2.48. The van der Waals surface area contributed by atoms with Gasteiger partial charge in [-0.15, -0.1) is 0 Å². The van der Waals surface area contributed by atoms with Crippen molar-refractivity contribution in [2.24, 2.45) is 0 Å². The number of carbonyl (C=O) groups excluding carboxylic acids is 2. The number of likely N-dealkylation sites (N-methyl/N-ethyl adjacent to an activating group) is 1. The molecule has 0 saturated heterocycles. The van der Waals surface area contributed by atoms with Crippen molar-refractivity contribution in [2.45, 2.75) is 38.3 Å². The van der Waals surface area contributed by atoms with Crippen molar-refractivity contribution in [3.63, 3.8) is 0 Å². The molecular formula is C22H24N2O4. The molecule has 0 aliphatic carbocycles. The lowest BCUT2D eigenvalue weighted by Gasteiger charge is -2.24. The van der Waals surface area contributed by atoms with E-state index >= 15 is 0 Å². The third-order valence-corrected chi connectivity index (χ3v) is 5.20. The number of amides is 2. The van der Waals surface area contributed by atoms with E-state index in [0.29, 0.717) is 17.9 Å². The second kappa shape index (κ2) is 6.86. The summed E-state index contributed by atoms with van der Waals surface area (Å²) in [5.74, 6) is 0.814. The summed E-state index contributed by atoms with van der Waals surface area (Å²) in [7, 11) is 1.58. The highest BCUT2D eigenvalue weighted by molar-refractivity contribution is 6.04. The van der Waals surface area contributed by atoms with Crippen LogP contribution in [0.25, 0.3) is 0 Å². The fourth-order valence-electron chi connectivity index (χ4n) is 3.98. The fourth-order valence-corrected chi connectivity index (χ4v) is 3.98. The molecule has 28 heavy (non-hydrogen) atoms. The summed E-state index contributed by atoms with van der Waals surface area (Å²) < 4.78 is 11.8. The van der Waals surface area contributed by atoms with Crippen LogP contribution in [0.1, 0.15) is 25.0 Å². The van der Waals surface area contributed by atoms with Gasteiger partial charge in [-0.2, -0.15) is 0 Å². The van der Waals surface area contributed by atoms with Crippen LogP contribution in [0.5, 0.6) is 11.5 Å². The zero-order valence-electron chi connectivity index (χ0n) is 16.3. The first-order valence-electron chi connectivity index (χ1n) is 9.45. The Bertz CT molecular complexity index is 938. The van der Waals surface area contributed by atoms with Crippen LogP contribution in [-0.4, -0.2) is 37.1 Å². The van der Waals surface area contributed by atoms with Crippen LogP contribution < -0.4 is 19.7 Å². The van der Waals surface area contributed by atoms with Gasteiger partial charge in [0.25, 0.3) is 5.91 Å². The van der Waals surface area contributed by atoms with E-state index in [1.807, 2.05) is 56.3 Å². The molecule has 2 amide bonds. The quantitative estimate of drug-likeness (QED) is 0.885. The number of para-hydroxylation sites is 2. The second-order valence-electron chi connectivity index (χ2n) is 7.80. The highest BCUT2D eigenvalue weighted by Crippen LogP contribution is 2.42. The van der Waals surface area contributed by atoms with Crippen LogP contribution in [0.15, 0.2) is 42.5 Å². The third-order valence-electron chi connectivity index (χ3n) is 5.20. The van der Waals surface area contributed by atoms with E-state index in [9.17, 15) is 9.59 Å². The highest BCUT2D eigenvalue weighted by atomic mass is 16.5. The number of nitrogens with zero attached hydrogens (tertiary/aromatic N) is 1. The van der Waals surface area contributed by atoms with Gasteiger partial charge in [0.1, 0.15) is 11.6 Å². The topological polar surface area (TPSA) is 67.9 Å². The van der Waals surface area contributed by atoms with Crippen molar-refractivity contribution in [1.29, 1.82) is 0 Å². The van der Waals surface area contributed by atoms with E-state index in [4.69, 9.17) is 9.47 Å². The molecule has 2 aliphatic heterocycles. The van der Waals surface area contributed by atoms with Gasteiger partial charge in [0, 0.05) is 31.1 Å². The molecule has 2 aliphatic rings. The smallest absolute Gasteiger partial charge is 0.265 e. The van der Waals surface area contributed by atoms with Crippen LogP contribution in [0.4, 0.5) is 5.69 Å². The minimum absolute atomic E-state index is 0.165. The molecule has 0 fully saturated rings. The zero-order chi connectivity index (χ0) is 19.9. The van der Waals surface area contributed by atoms with Gasteiger partial charge in [0.15, 0.2) is 18.1 Å². The number of nitrogens with one attached hydrogen (secondary N) is 1. The van der Waals surface area contributed by atoms with Gasteiger partial charge in [-0.3, -0.25) is 14.5 Å². The van der Waals surface area contributed by atoms with Crippen molar-refractivity contribution < 1.29 is 19.1 Å². The molecule has 6 heteroatoms. The van der Waals surface area contributed by atoms with E-state index in [1.54, 1.807) is 11.9 Å². The van der Waals surface area contributed by atoms with E-state index < -0.39 is 6.04 Å². The zero-order valence-corrected chi connectivity index (χ0v) is 16.3. The summed E-state index contributed by atoms with van der Waals surface area (Å²) in [5.41, 5.74) is 2.53. The summed E-state index contributed by atoms with van der Waals surface area (Å²) in [6, 6.07) is 12.8. The first-order chi connectivity index (χ1) is 13.4. The summed E-state index contributed by atoms with van der Waals surface area (Å²) >= 11 is 0. The lowest BCUT2D eigenvalue weighted by atomic mass is 10.0. The normalized spacial score (nSPS) is 18.8. The molecule has 6 nitrogen and oxygen atoms in total. The summed E-state index contributed by atoms with van der Waals surface area (Å²) in [5, 5.41) is 2.65. The summed E-state index contributed by atoms with van der Waals surface area (Å²) in [6.07, 6.45) is 1.30. The fraction of sp³-hybridized carbons (Fsp3) is 0.364. The Morgan fingerprint density at radius 3 is 2.71 bits per heavy atom. The second-order valence-corrected chi connectivity index (χ2v) is 7.80. The molecule has 1 unspecified atom stereocenters. The molecule has 146 valence electrons. The van der Waals surface area contributed by atoms with Gasteiger partial charge in [-0.05, 0) is 31.5 Å². The van der Waals surface area contributed by atoms with Crippen LogP contribution >= 0.6 is 0 Å². The van der Waals surface area contributed by atoms with Gasteiger partial charge < -0.3 is 14.8 Å². The number of rotatable bonds is 4. The standard InChI is InChI=1S/C22H24N2O4/c1-22(2)12-15-8-6-10-18(20(15)28-22)27-13-19(25)24-16-9-5-4-7-14(16)11-17(24)21(26)23-3/h4-10,17H,11-13H2,1-3H3,(H,23,26). The van der Waals surface area contributed by atoms with Crippen molar-refractivity contribution in [1.82, 2.24) is 5.32 Å². The first-order valence-corrected chi connectivity index (χ1v) is 9.45. The Kier molecular flexibility index (Phi) is 4.49. The Morgan fingerprint density at radius 2 is 1.93 bits per heavy atom. The Balaban J connectivity index is 1.54. The minimum Gasteiger partial charge on any atom is -0.483 e. The van der Waals surface area contributed by atoms with Gasteiger partial charge in [0.2, 0.25) is 5.91 Å². The van der Waals surface area contributed by atoms with Crippen molar-refractivity contribution in [2.75, 3.05) is 18.6 Å². The highest BCUT2D eigenvalue weighted by Gasteiger charge is 2.38. The van der Waals surface area contributed by atoms with Gasteiger partial charge >= 0.3 is 0 Å². The number of hydrogen-bond donors (Lipinski definition) is 1. The molecule has 1 N–H and O–H groups in total. The Labute approximate surface area is 164 Å². The summed E-state index contributed by atoms with van der Waals surface area (Å²) in [4.78, 5) is 26.9. The molecule has 0 saturated carbocycles. The number of carbonyl (C=O) groups is 2. The minimum atomic E-state index is -0.560. The van der Waals surface area contributed by atoms with Crippen molar-refractivity contribution in [3.05, 3.63) is 53.6 Å². The van der Waals surface area contributed by atoms with Crippen molar-refractivity contribution >= 4 is 17.5 Å². The number of ether oxygens (including phenoxy) is 2. The average Bonchev–Trinajstić information content (AvgIpc) is 3.21. The maximum Gasteiger partial charge on any atom is 0.265 e. The number of hydrogen-bond acceptors (Lipinski definition) is 4. The van der Waals surface area contributed by atoms with Crippen LogP contribution in [0.3, 0.4) is 0 Å². The van der Waals surface area contributed by atoms with Gasteiger partial charge in [-0.25, -0.2) is 0 Å². The molecule has 2 aromatic rings. The van der Waals surface area contributed by atoms with Crippen LogP contribution in [0, 0.1) is 0 Å². The molecule has 2 aromatic carbocycles. The molecule has 0 spiro atoms. The molecule has 0 aromatic heterocycles. The van der Waals surface area contributed by atoms with Gasteiger partial charge in [0.05, 0.1) is 0 Å². The number of fused-ring (bicyclic) bond motifs is 2. The molecule has 2 heterocycles. The predicted molar refractivity (Wildman–Crippen MR) is 106 cm³/mol. The lowest BCUT2D eigenvalue weighted by Crippen LogP contribution is -2.48. The molecule has 4 rings (SSSR count). The van der Waals surface area contributed by atoms with Crippen molar-refractivity contribution in [3.8, 4) is 11.5 Å². The van der Waals surface area contributed by atoms with Crippen LogP contribution in [-0.2, 0) is 22.4 Å². The molecule has 1 atom stereocenters. The average molecular weight is 380 g/mol. The van der Waals surface area contributed by atoms with Gasteiger partial charge in [-0.1, -0.05) is 30.3 Å².